The molecule has 0 bridgehead atoms. The molecule has 1 rings (SSSR count). The topological polar surface area (TPSA) is 46.2 Å². The Balaban J connectivity index is 2.86. The summed E-state index contributed by atoms with van der Waals surface area (Å²) >= 11 is 6.97. The molecule has 94 valence electrons. The minimum Gasteiger partial charge on any atom is -0.282 e. The lowest BCUT2D eigenvalue weighted by Gasteiger charge is -2.10. The van der Waals surface area contributed by atoms with E-state index in [2.05, 4.69) is 11.3 Å². The average Bonchev–Trinajstić information content (AvgIpc) is 2.27. The van der Waals surface area contributed by atoms with Crippen molar-refractivity contribution in [3.63, 3.8) is 0 Å². The Hall–Kier alpha value is -0.650. The molecule has 0 aliphatic carbocycles. The van der Waals surface area contributed by atoms with Crippen LogP contribution < -0.4 is 4.72 Å². The van der Waals surface area contributed by atoms with Gasteiger partial charge in [-0.3, -0.25) is 4.72 Å². The predicted octanol–water partition coefficient (Wildman–Crippen LogP) is 2.95. The summed E-state index contributed by atoms with van der Waals surface area (Å²) in [5, 5.41) is 0. The Morgan fingerprint density at radius 3 is 2.76 bits per heavy atom. The second kappa shape index (κ2) is 6.93. The summed E-state index contributed by atoms with van der Waals surface area (Å²) in [5.74, 6) is 0.723. The standard InChI is InChI=1S/C11H14ClNO2S2/c1-2-8-16-11-6-4-3-5-10(11)13-17(14,15)9-7-12/h2-6,13H,1,7-9H2. The van der Waals surface area contributed by atoms with Crippen molar-refractivity contribution in [2.75, 3.05) is 22.1 Å². The van der Waals surface area contributed by atoms with Gasteiger partial charge in [-0.25, -0.2) is 8.42 Å². The molecule has 0 heterocycles. The van der Waals surface area contributed by atoms with E-state index in [1.165, 1.54) is 11.8 Å². The van der Waals surface area contributed by atoms with Crippen LogP contribution in [0.15, 0.2) is 41.8 Å². The number of sulfonamides is 1. The third-order valence-corrected chi connectivity index (χ3v) is 4.61. The lowest BCUT2D eigenvalue weighted by molar-refractivity contribution is 0.602. The van der Waals surface area contributed by atoms with Gasteiger partial charge in [0.1, 0.15) is 0 Å². The molecule has 3 nitrogen and oxygen atoms in total. The van der Waals surface area contributed by atoms with Gasteiger partial charge in [0.15, 0.2) is 0 Å². The highest BCUT2D eigenvalue weighted by atomic mass is 35.5. The van der Waals surface area contributed by atoms with Crippen LogP contribution in [0.3, 0.4) is 0 Å². The van der Waals surface area contributed by atoms with Crippen molar-refractivity contribution in [3.8, 4) is 0 Å². The summed E-state index contributed by atoms with van der Waals surface area (Å²) < 4.78 is 25.7. The summed E-state index contributed by atoms with van der Waals surface area (Å²) in [5.41, 5.74) is 0.587. The first kappa shape index (κ1) is 14.4. The van der Waals surface area contributed by atoms with E-state index >= 15 is 0 Å². The summed E-state index contributed by atoms with van der Waals surface area (Å²) in [6, 6.07) is 7.26. The minimum absolute atomic E-state index is 0.0807. The number of benzene rings is 1. The number of nitrogens with one attached hydrogen (secondary N) is 1. The van der Waals surface area contributed by atoms with Crippen LogP contribution in [0, 0.1) is 0 Å². The Labute approximate surface area is 111 Å². The number of anilines is 1. The zero-order valence-corrected chi connectivity index (χ0v) is 11.6. The number of hydrogen-bond donors (Lipinski definition) is 1. The molecular weight excluding hydrogens is 278 g/mol. The van der Waals surface area contributed by atoms with E-state index in [0.717, 1.165) is 10.6 Å². The maximum absolute atomic E-state index is 11.6. The number of rotatable bonds is 7. The molecule has 6 heteroatoms. The van der Waals surface area contributed by atoms with Gasteiger partial charge in [0.05, 0.1) is 11.4 Å². The van der Waals surface area contributed by atoms with Crippen molar-refractivity contribution in [2.45, 2.75) is 4.90 Å². The van der Waals surface area contributed by atoms with Crippen LogP contribution in [-0.4, -0.2) is 25.8 Å². The summed E-state index contributed by atoms with van der Waals surface area (Å²) in [7, 11) is -3.35. The number of hydrogen-bond acceptors (Lipinski definition) is 3. The van der Waals surface area contributed by atoms with E-state index in [1.807, 2.05) is 12.1 Å². The first-order chi connectivity index (χ1) is 8.09. The Morgan fingerprint density at radius 2 is 2.12 bits per heavy atom. The molecule has 0 aliphatic heterocycles. The van der Waals surface area contributed by atoms with Crippen molar-refractivity contribution in [2.24, 2.45) is 0 Å². The number of halogens is 1. The molecule has 17 heavy (non-hydrogen) atoms. The van der Waals surface area contributed by atoms with Gasteiger partial charge in [0.2, 0.25) is 10.0 Å². The normalized spacial score (nSPS) is 11.1. The SMILES string of the molecule is C=CCSc1ccccc1NS(=O)(=O)CCCl. The Kier molecular flexibility index (Phi) is 5.88. The second-order valence-corrected chi connectivity index (χ2v) is 6.49. The van der Waals surface area contributed by atoms with Gasteiger partial charge in [-0.15, -0.1) is 29.9 Å². The summed E-state index contributed by atoms with van der Waals surface area (Å²) in [6.45, 7) is 3.63. The summed E-state index contributed by atoms with van der Waals surface area (Å²) in [6.07, 6.45) is 1.77. The maximum Gasteiger partial charge on any atom is 0.233 e. The zero-order valence-electron chi connectivity index (χ0n) is 9.23. The van der Waals surface area contributed by atoms with Crippen LogP contribution in [0.2, 0.25) is 0 Å². The fraction of sp³-hybridized carbons (Fsp3) is 0.273. The quantitative estimate of drug-likeness (QED) is 0.477. The van der Waals surface area contributed by atoms with Crippen molar-refractivity contribution < 1.29 is 8.42 Å². The molecule has 0 atom stereocenters. The average molecular weight is 292 g/mol. The van der Waals surface area contributed by atoms with Crippen LogP contribution in [0.4, 0.5) is 5.69 Å². The lowest BCUT2D eigenvalue weighted by atomic mass is 10.3. The molecule has 0 saturated carbocycles. The lowest BCUT2D eigenvalue weighted by Crippen LogP contribution is -2.17. The highest BCUT2D eigenvalue weighted by Crippen LogP contribution is 2.27. The van der Waals surface area contributed by atoms with Gasteiger partial charge in [-0.05, 0) is 12.1 Å². The van der Waals surface area contributed by atoms with Crippen LogP contribution in [0.25, 0.3) is 0 Å². The predicted molar refractivity (Wildman–Crippen MR) is 75.5 cm³/mol. The molecule has 0 spiro atoms. The molecule has 1 N–H and O–H groups in total. The second-order valence-electron chi connectivity index (χ2n) is 3.21. The third kappa shape index (κ3) is 5.02. The molecule has 0 unspecified atom stereocenters. The first-order valence-electron chi connectivity index (χ1n) is 4.98. The van der Waals surface area contributed by atoms with Crippen LogP contribution in [0.1, 0.15) is 0 Å². The smallest absolute Gasteiger partial charge is 0.233 e. The molecule has 0 amide bonds. The van der Waals surface area contributed by atoms with Gasteiger partial charge in [0, 0.05) is 16.5 Å². The minimum atomic E-state index is -3.35. The highest BCUT2D eigenvalue weighted by Gasteiger charge is 2.11. The maximum atomic E-state index is 11.6. The van der Waals surface area contributed by atoms with Crippen LogP contribution >= 0.6 is 23.4 Å². The fourth-order valence-electron chi connectivity index (χ4n) is 1.15. The van der Waals surface area contributed by atoms with E-state index < -0.39 is 10.0 Å². The van der Waals surface area contributed by atoms with Gasteiger partial charge in [-0.2, -0.15) is 0 Å². The molecule has 0 aliphatic rings. The number of thioether (sulfide) groups is 1. The molecular formula is C11H14ClNO2S2. The van der Waals surface area contributed by atoms with Crippen molar-refractivity contribution in [1.82, 2.24) is 0 Å². The monoisotopic (exact) mass is 291 g/mol. The van der Waals surface area contributed by atoms with E-state index in [9.17, 15) is 8.42 Å². The van der Waals surface area contributed by atoms with Crippen molar-refractivity contribution >= 4 is 39.1 Å². The van der Waals surface area contributed by atoms with E-state index in [0.29, 0.717) is 5.69 Å². The van der Waals surface area contributed by atoms with E-state index in [-0.39, 0.29) is 11.6 Å². The molecule has 0 radical (unpaired) electrons. The van der Waals surface area contributed by atoms with Crippen molar-refractivity contribution in [1.29, 1.82) is 0 Å². The molecule has 0 fully saturated rings. The fourth-order valence-corrected chi connectivity index (χ4v) is 3.38. The van der Waals surface area contributed by atoms with Crippen LogP contribution in [-0.2, 0) is 10.0 Å². The van der Waals surface area contributed by atoms with Gasteiger partial charge in [-0.1, -0.05) is 18.2 Å². The van der Waals surface area contributed by atoms with Gasteiger partial charge >= 0.3 is 0 Å². The zero-order chi connectivity index (χ0) is 12.7. The van der Waals surface area contributed by atoms with Crippen LogP contribution in [0.5, 0.6) is 0 Å². The highest BCUT2D eigenvalue weighted by molar-refractivity contribution is 7.99. The molecule has 0 saturated heterocycles. The van der Waals surface area contributed by atoms with Gasteiger partial charge < -0.3 is 0 Å². The molecule has 1 aromatic rings. The number of para-hydroxylation sites is 1. The van der Waals surface area contributed by atoms with Crippen molar-refractivity contribution in [3.05, 3.63) is 36.9 Å². The Morgan fingerprint density at radius 1 is 1.41 bits per heavy atom. The molecule has 1 aromatic carbocycles. The van der Waals surface area contributed by atoms with Gasteiger partial charge in [0.25, 0.3) is 0 Å². The largest absolute Gasteiger partial charge is 0.282 e. The Bertz CT molecular complexity index is 474. The first-order valence-corrected chi connectivity index (χ1v) is 8.15. The van der Waals surface area contributed by atoms with E-state index in [1.54, 1.807) is 18.2 Å². The molecule has 0 aromatic heterocycles. The van der Waals surface area contributed by atoms with E-state index in [4.69, 9.17) is 11.6 Å². The summed E-state index contributed by atoms with van der Waals surface area (Å²) in [4.78, 5) is 0.880. The third-order valence-electron chi connectivity index (χ3n) is 1.86. The number of alkyl halides is 1.